The van der Waals surface area contributed by atoms with Crippen LogP contribution in [0, 0.1) is 0 Å². The minimum atomic E-state index is 0.410. The van der Waals surface area contributed by atoms with Gasteiger partial charge in [-0.2, -0.15) is 0 Å². The number of hydrazine groups is 1. The minimum absolute atomic E-state index is 0.410. The number of rotatable bonds is 4. The van der Waals surface area contributed by atoms with Crippen molar-refractivity contribution in [2.45, 2.75) is 37.0 Å². The summed E-state index contributed by atoms with van der Waals surface area (Å²) in [5, 5.41) is 0. The number of aryl methyl sites for hydroxylation is 1. The second kappa shape index (κ2) is 5.01. The number of hydrogen-bond acceptors (Lipinski definition) is 5. The van der Waals surface area contributed by atoms with Crippen LogP contribution in [0.3, 0.4) is 0 Å². The normalized spacial score (nSPS) is 22.8. The highest BCUT2D eigenvalue weighted by atomic mass is 15.3. The van der Waals surface area contributed by atoms with E-state index in [4.69, 9.17) is 15.8 Å². The summed E-state index contributed by atoms with van der Waals surface area (Å²) in [4.78, 5) is 14.2. The number of hydrogen-bond donors (Lipinski definition) is 2. The standard InChI is InChI=1S/C18H20N6/c1-24-15-5-3-2-4-13(15)21-18(24)12-8-11(12)14-9-16(23-19)22-17(20-14)10-6-7-10/h2-5,9-12H,6-8,19H2,1H3,(H,20,22,23). The molecule has 1 aromatic carbocycles. The van der Waals surface area contributed by atoms with Crippen molar-refractivity contribution in [3.8, 4) is 0 Å². The van der Waals surface area contributed by atoms with Crippen LogP contribution in [0.2, 0.25) is 0 Å². The third-order valence-electron chi connectivity index (χ3n) is 5.18. The molecular weight excluding hydrogens is 300 g/mol. The maximum atomic E-state index is 5.59. The van der Waals surface area contributed by atoms with Crippen molar-refractivity contribution in [3.63, 3.8) is 0 Å². The molecular formula is C18H20N6. The molecule has 6 nitrogen and oxygen atoms in total. The van der Waals surface area contributed by atoms with E-state index in [1.165, 1.54) is 18.4 Å². The Kier molecular flexibility index (Phi) is 2.91. The van der Waals surface area contributed by atoms with Gasteiger partial charge < -0.3 is 9.99 Å². The molecule has 2 aromatic heterocycles. The summed E-state index contributed by atoms with van der Waals surface area (Å²) in [6.07, 6.45) is 3.46. The lowest BCUT2D eigenvalue weighted by atomic mass is 10.2. The van der Waals surface area contributed by atoms with Gasteiger partial charge in [0.05, 0.1) is 16.7 Å². The molecule has 0 aliphatic heterocycles. The zero-order valence-electron chi connectivity index (χ0n) is 13.6. The van der Waals surface area contributed by atoms with Crippen molar-refractivity contribution in [1.29, 1.82) is 0 Å². The monoisotopic (exact) mass is 320 g/mol. The second-order valence-electron chi connectivity index (χ2n) is 6.92. The highest BCUT2D eigenvalue weighted by Crippen LogP contribution is 2.54. The van der Waals surface area contributed by atoms with E-state index in [0.29, 0.717) is 17.8 Å². The SMILES string of the molecule is Cn1c(C2CC2c2cc(NN)nc(C3CC3)n2)nc2ccccc21. The van der Waals surface area contributed by atoms with Crippen LogP contribution in [-0.4, -0.2) is 19.5 Å². The van der Waals surface area contributed by atoms with E-state index in [-0.39, 0.29) is 0 Å². The molecule has 0 radical (unpaired) electrons. The van der Waals surface area contributed by atoms with E-state index >= 15 is 0 Å². The highest BCUT2D eigenvalue weighted by molar-refractivity contribution is 5.76. The molecule has 5 rings (SSSR count). The quantitative estimate of drug-likeness (QED) is 0.570. The van der Waals surface area contributed by atoms with Crippen LogP contribution in [0.25, 0.3) is 11.0 Å². The Morgan fingerprint density at radius 1 is 1.12 bits per heavy atom. The first-order chi connectivity index (χ1) is 11.7. The van der Waals surface area contributed by atoms with Crippen molar-refractivity contribution in [1.82, 2.24) is 19.5 Å². The molecule has 2 aliphatic carbocycles. The molecule has 2 heterocycles. The average molecular weight is 320 g/mol. The summed E-state index contributed by atoms with van der Waals surface area (Å²) in [6, 6.07) is 10.3. The van der Waals surface area contributed by atoms with E-state index in [0.717, 1.165) is 35.1 Å². The molecule has 3 aromatic rings. The van der Waals surface area contributed by atoms with Crippen molar-refractivity contribution < 1.29 is 0 Å². The Bertz CT molecular complexity index is 926. The first kappa shape index (κ1) is 13.9. The van der Waals surface area contributed by atoms with Crippen molar-refractivity contribution >= 4 is 16.9 Å². The topological polar surface area (TPSA) is 81.7 Å². The van der Waals surface area contributed by atoms with Gasteiger partial charge in [-0.1, -0.05) is 12.1 Å². The molecule has 122 valence electrons. The zero-order chi connectivity index (χ0) is 16.3. The Morgan fingerprint density at radius 2 is 1.96 bits per heavy atom. The molecule has 6 heteroatoms. The van der Waals surface area contributed by atoms with Gasteiger partial charge in [0.2, 0.25) is 0 Å². The van der Waals surface area contributed by atoms with E-state index < -0.39 is 0 Å². The third-order valence-corrected chi connectivity index (χ3v) is 5.18. The van der Waals surface area contributed by atoms with Crippen LogP contribution in [-0.2, 0) is 7.05 Å². The molecule has 3 N–H and O–H groups in total. The lowest BCUT2D eigenvalue weighted by Gasteiger charge is -2.07. The summed E-state index contributed by atoms with van der Waals surface area (Å²) < 4.78 is 2.21. The third kappa shape index (κ3) is 2.17. The fourth-order valence-corrected chi connectivity index (χ4v) is 3.58. The summed E-state index contributed by atoms with van der Waals surface area (Å²) >= 11 is 0. The van der Waals surface area contributed by atoms with Gasteiger partial charge in [-0.15, -0.1) is 0 Å². The number of aromatic nitrogens is 4. The molecule has 0 bridgehead atoms. The van der Waals surface area contributed by atoms with E-state index in [2.05, 4.69) is 40.2 Å². The number of benzene rings is 1. The van der Waals surface area contributed by atoms with Gasteiger partial charge in [0, 0.05) is 30.9 Å². The summed E-state index contributed by atoms with van der Waals surface area (Å²) in [7, 11) is 2.10. The Balaban J connectivity index is 1.49. The van der Waals surface area contributed by atoms with E-state index in [1.54, 1.807) is 0 Å². The number of nitrogens with two attached hydrogens (primary N) is 1. The summed E-state index contributed by atoms with van der Waals surface area (Å²) in [5.74, 6) is 9.76. The predicted molar refractivity (Wildman–Crippen MR) is 92.6 cm³/mol. The first-order valence-electron chi connectivity index (χ1n) is 8.51. The van der Waals surface area contributed by atoms with Gasteiger partial charge >= 0.3 is 0 Å². The summed E-state index contributed by atoms with van der Waals surface area (Å²) in [6.45, 7) is 0. The highest BCUT2D eigenvalue weighted by Gasteiger charge is 2.44. The first-order valence-corrected chi connectivity index (χ1v) is 8.51. The molecule has 2 fully saturated rings. The number of imidazole rings is 1. The number of fused-ring (bicyclic) bond motifs is 1. The molecule has 2 saturated carbocycles. The van der Waals surface area contributed by atoms with E-state index in [9.17, 15) is 0 Å². The Hall–Kier alpha value is -2.47. The molecule has 2 unspecified atom stereocenters. The smallest absolute Gasteiger partial charge is 0.143 e. The molecule has 2 aliphatic rings. The Morgan fingerprint density at radius 3 is 2.71 bits per heavy atom. The maximum Gasteiger partial charge on any atom is 0.143 e. The van der Waals surface area contributed by atoms with Gasteiger partial charge in [0.25, 0.3) is 0 Å². The zero-order valence-corrected chi connectivity index (χ0v) is 13.6. The number of para-hydroxylation sites is 2. The lowest BCUT2D eigenvalue weighted by molar-refractivity contribution is 0.790. The van der Waals surface area contributed by atoms with Crippen molar-refractivity contribution in [3.05, 3.63) is 47.7 Å². The minimum Gasteiger partial charge on any atom is -0.331 e. The van der Waals surface area contributed by atoms with Crippen LogP contribution in [0.4, 0.5) is 5.82 Å². The summed E-state index contributed by atoms with van der Waals surface area (Å²) in [5.41, 5.74) is 6.03. The molecule has 24 heavy (non-hydrogen) atoms. The van der Waals surface area contributed by atoms with Crippen LogP contribution < -0.4 is 11.3 Å². The Labute approximate surface area is 140 Å². The number of nitrogens with one attached hydrogen (secondary N) is 1. The number of nitrogens with zero attached hydrogens (tertiary/aromatic N) is 4. The van der Waals surface area contributed by atoms with Crippen molar-refractivity contribution in [2.24, 2.45) is 12.9 Å². The predicted octanol–water partition coefficient (Wildman–Crippen LogP) is 2.80. The average Bonchev–Trinajstić information content (AvgIpc) is 3.53. The van der Waals surface area contributed by atoms with Gasteiger partial charge in [0.1, 0.15) is 17.5 Å². The largest absolute Gasteiger partial charge is 0.331 e. The fourth-order valence-electron chi connectivity index (χ4n) is 3.58. The van der Waals surface area contributed by atoms with Crippen LogP contribution >= 0.6 is 0 Å². The maximum absolute atomic E-state index is 5.59. The van der Waals surface area contributed by atoms with Crippen molar-refractivity contribution in [2.75, 3.05) is 5.43 Å². The molecule has 0 amide bonds. The van der Waals surface area contributed by atoms with Gasteiger partial charge in [-0.25, -0.2) is 20.8 Å². The fraction of sp³-hybridized carbons (Fsp3) is 0.389. The van der Waals surface area contributed by atoms with Crippen LogP contribution in [0.5, 0.6) is 0 Å². The van der Waals surface area contributed by atoms with Gasteiger partial charge in [-0.05, 0) is 31.4 Å². The number of nitrogen functional groups attached to an aromatic ring is 1. The molecule has 0 spiro atoms. The molecule has 2 atom stereocenters. The van der Waals surface area contributed by atoms with Gasteiger partial charge in [0.15, 0.2) is 0 Å². The molecule has 0 saturated heterocycles. The lowest BCUT2D eigenvalue weighted by Crippen LogP contribution is -2.11. The van der Waals surface area contributed by atoms with Crippen LogP contribution in [0.1, 0.15) is 54.4 Å². The van der Waals surface area contributed by atoms with Crippen LogP contribution in [0.15, 0.2) is 30.3 Å². The van der Waals surface area contributed by atoms with Gasteiger partial charge in [-0.3, -0.25) is 0 Å². The number of anilines is 1. The van der Waals surface area contributed by atoms with E-state index in [1.807, 2.05) is 12.1 Å². The second-order valence-corrected chi connectivity index (χ2v) is 6.92.